The van der Waals surface area contributed by atoms with E-state index < -0.39 is 0 Å². The normalized spacial score (nSPS) is 15.7. The van der Waals surface area contributed by atoms with Crippen LogP contribution >= 0.6 is 23.2 Å². The Morgan fingerprint density at radius 2 is 1.82 bits per heavy atom. The van der Waals surface area contributed by atoms with Gasteiger partial charge in [-0.15, -0.1) is 0 Å². The van der Waals surface area contributed by atoms with Gasteiger partial charge in [-0.2, -0.15) is 0 Å². The van der Waals surface area contributed by atoms with Gasteiger partial charge < -0.3 is 19.7 Å². The highest BCUT2D eigenvalue weighted by Gasteiger charge is 2.31. The van der Waals surface area contributed by atoms with Crippen LogP contribution in [0.1, 0.15) is 0 Å². The topological polar surface area (TPSA) is 71.1 Å². The lowest BCUT2D eigenvalue weighted by Crippen LogP contribution is -2.37. The fourth-order valence-corrected chi connectivity index (χ4v) is 3.46. The maximum absolute atomic E-state index is 12.7. The van der Waals surface area contributed by atoms with Gasteiger partial charge in [0.05, 0.1) is 10.7 Å². The zero-order valence-electron chi connectivity index (χ0n) is 14.8. The van der Waals surface area contributed by atoms with Crippen LogP contribution in [-0.4, -0.2) is 49.7 Å². The number of fused-ring (bicyclic) bond motifs is 1. The van der Waals surface area contributed by atoms with Gasteiger partial charge in [-0.25, -0.2) is 4.79 Å². The molecule has 2 heterocycles. The summed E-state index contributed by atoms with van der Waals surface area (Å²) in [6.07, 6.45) is 0. The molecule has 0 aliphatic carbocycles. The second-order valence-corrected chi connectivity index (χ2v) is 7.20. The SMILES string of the molecule is O=C(CN1CCN(c2ccc3c(c2)OCCO3)C1=O)Nc1cc(Cl)ccc1Cl. The Kier molecular flexibility index (Phi) is 5.19. The maximum Gasteiger partial charge on any atom is 0.325 e. The average Bonchev–Trinajstić information content (AvgIpc) is 3.04. The number of halogens is 2. The van der Waals surface area contributed by atoms with Gasteiger partial charge in [0.1, 0.15) is 19.8 Å². The third kappa shape index (κ3) is 3.81. The number of ether oxygens (including phenoxy) is 2. The van der Waals surface area contributed by atoms with Gasteiger partial charge in [-0.1, -0.05) is 23.2 Å². The van der Waals surface area contributed by atoms with Crippen molar-refractivity contribution in [3.8, 4) is 11.5 Å². The monoisotopic (exact) mass is 421 g/mol. The van der Waals surface area contributed by atoms with E-state index >= 15 is 0 Å². The molecule has 1 saturated heterocycles. The number of rotatable bonds is 4. The summed E-state index contributed by atoms with van der Waals surface area (Å²) in [5, 5.41) is 3.53. The summed E-state index contributed by atoms with van der Waals surface area (Å²) < 4.78 is 11.1. The third-order valence-corrected chi connectivity index (χ3v) is 5.03. The van der Waals surface area contributed by atoms with Crippen molar-refractivity contribution in [1.29, 1.82) is 0 Å². The van der Waals surface area contributed by atoms with Crippen LogP contribution in [0.2, 0.25) is 10.0 Å². The maximum atomic E-state index is 12.7. The van der Waals surface area contributed by atoms with Crippen LogP contribution < -0.4 is 19.7 Å². The molecule has 146 valence electrons. The molecule has 0 bridgehead atoms. The Labute approximate surface area is 171 Å². The quantitative estimate of drug-likeness (QED) is 0.817. The highest BCUT2D eigenvalue weighted by Crippen LogP contribution is 2.35. The minimum Gasteiger partial charge on any atom is -0.486 e. The van der Waals surface area contributed by atoms with Crippen LogP contribution in [0.4, 0.5) is 16.2 Å². The first kappa shape index (κ1) is 18.7. The Morgan fingerprint density at radius 1 is 1.04 bits per heavy atom. The van der Waals surface area contributed by atoms with Gasteiger partial charge in [0, 0.05) is 29.9 Å². The number of urea groups is 1. The van der Waals surface area contributed by atoms with Gasteiger partial charge in [-0.05, 0) is 30.3 Å². The van der Waals surface area contributed by atoms with Crippen molar-refractivity contribution >= 4 is 46.5 Å². The molecule has 0 radical (unpaired) electrons. The van der Waals surface area contributed by atoms with Crippen molar-refractivity contribution in [3.63, 3.8) is 0 Å². The molecule has 7 nitrogen and oxygen atoms in total. The van der Waals surface area contributed by atoms with Gasteiger partial charge in [0.25, 0.3) is 0 Å². The summed E-state index contributed by atoms with van der Waals surface area (Å²) in [6.45, 7) is 1.81. The lowest BCUT2D eigenvalue weighted by molar-refractivity contribution is -0.116. The smallest absolute Gasteiger partial charge is 0.325 e. The molecule has 2 aromatic carbocycles. The summed E-state index contributed by atoms with van der Waals surface area (Å²) in [5.41, 5.74) is 1.12. The largest absolute Gasteiger partial charge is 0.486 e. The molecule has 1 N–H and O–H groups in total. The molecule has 1 fully saturated rings. The summed E-state index contributed by atoms with van der Waals surface area (Å²) in [4.78, 5) is 28.2. The van der Waals surface area contributed by atoms with E-state index in [1.54, 1.807) is 41.3 Å². The van der Waals surface area contributed by atoms with Crippen LogP contribution in [0.25, 0.3) is 0 Å². The van der Waals surface area contributed by atoms with Crippen molar-refractivity contribution in [2.24, 2.45) is 0 Å². The molecule has 0 unspecified atom stereocenters. The molecule has 2 aromatic rings. The number of nitrogens with one attached hydrogen (secondary N) is 1. The standard InChI is InChI=1S/C19H17Cl2N3O4/c20-12-1-3-14(21)15(9-12)22-18(25)11-23-5-6-24(19(23)26)13-2-4-16-17(10-13)28-8-7-27-16/h1-4,9-10H,5-8,11H2,(H,22,25). The van der Waals surface area contributed by atoms with Crippen molar-refractivity contribution < 1.29 is 19.1 Å². The average molecular weight is 422 g/mol. The molecule has 2 aliphatic rings. The Balaban J connectivity index is 1.41. The summed E-state index contributed by atoms with van der Waals surface area (Å²) in [5.74, 6) is 0.932. The summed E-state index contributed by atoms with van der Waals surface area (Å²) in [7, 11) is 0. The van der Waals surface area contributed by atoms with Crippen molar-refractivity contribution in [3.05, 3.63) is 46.4 Å². The minimum absolute atomic E-state index is 0.0806. The predicted octanol–water partition coefficient (Wildman–Crippen LogP) is 3.65. The van der Waals surface area contributed by atoms with Crippen molar-refractivity contribution in [2.75, 3.05) is 43.1 Å². The summed E-state index contributed by atoms with van der Waals surface area (Å²) >= 11 is 12.0. The molecule has 0 aromatic heterocycles. The number of hydrogen-bond acceptors (Lipinski definition) is 4. The number of anilines is 2. The van der Waals surface area contributed by atoms with Gasteiger partial charge in [-0.3, -0.25) is 9.69 Å². The Morgan fingerprint density at radius 3 is 2.64 bits per heavy atom. The fourth-order valence-electron chi connectivity index (χ4n) is 3.13. The molecular formula is C19H17Cl2N3O4. The zero-order valence-corrected chi connectivity index (χ0v) is 16.3. The molecule has 0 saturated carbocycles. The lowest BCUT2D eigenvalue weighted by Gasteiger charge is -2.22. The van der Waals surface area contributed by atoms with Crippen LogP contribution in [-0.2, 0) is 4.79 Å². The van der Waals surface area contributed by atoms with E-state index in [4.69, 9.17) is 32.7 Å². The Bertz CT molecular complexity index is 937. The van der Waals surface area contributed by atoms with Crippen molar-refractivity contribution in [1.82, 2.24) is 4.90 Å². The molecule has 4 rings (SSSR count). The molecular weight excluding hydrogens is 405 g/mol. The molecule has 2 aliphatic heterocycles. The molecule has 0 atom stereocenters. The molecule has 3 amide bonds. The van der Waals surface area contributed by atoms with E-state index in [1.165, 1.54) is 4.90 Å². The minimum atomic E-state index is -0.346. The predicted molar refractivity (Wildman–Crippen MR) is 107 cm³/mol. The molecule has 0 spiro atoms. The lowest BCUT2D eigenvalue weighted by atomic mass is 10.2. The second-order valence-electron chi connectivity index (χ2n) is 6.36. The first-order chi connectivity index (χ1) is 13.5. The Hall–Kier alpha value is -2.64. The summed E-state index contributed by atoms with van der Waals surface area (Å²) in [6, 6.07) is 9.92. The first-order valence-electron chi connectivity index (χ1n) is 8.72. The van der Waals surface area contributed by atoms with Gasteiger partial charge in [0.2, 0.25) is 5.91 Å². The zero-order chi connectivity index (χ0) is 19.7. The van der Waals surface area contributed by atoms with E-state index in [9.17, 15) is 9.59 Å². The fraction of sp³-hybridized carbons (Fsp3) is 0.263. The van der Waals surface area contributed by atoms with E-state index in [0.717, 1.165) is 0 Å². The highest BCUT2D eigenvalue weighted by atomic mass is 35.5. The number of carbonyl (C=O) groups is 2. The first-order valence-corrected chi connectivity index (χ1v) is 9.48. The number of hydrogen-bond donors (Lipinski definition) is 1. The van der Waals surface area contributed by atoms with E-state index in [1.807, 2.05) is 0 Å². The molecule has 28 heavy (non-hydrogen) atoms. The second kappa shape index (κ2) is 7.77. The number of amides is 3. The van der Waals surface area contributed by atoms with E-state index in [-0.39, 0.29) is 18.5 Å². The van der Waals surface area contributed by atoms with Gasteiger partial charge in [0.15, 0.2) is 11.5 Å². The number of benzene rings is 2. The molecule has 9 heteroatoms. The van der Waals surface area contributed by atoms with E-state index in [2.05, 4.69) is 5.32 Å². The van der Waals surface area contributed by atoms with Crippen LogP contribution in [0, 0.1) is 0 Å². The van der Waals surface area contributed by atoms with E-state index in [0.29, 0.717) is 59.2 Å². The van der Waals surface area contributed by atoms with Crippen LogP contribution in [0.3, 0.4) is 0 Å². The highest BCUT2D eigenvalue weighted by molar-refractivity contribution is 6.35. The van der Waals surface area contributed by atoms with Crippen molar-refractivity contribution in [2.45, 2.75) is 0 Å². The van der Waals surface area contributed by atoms with Gasteiger partial charge >= 0.3 is 6.03 Å². The number of carbonyl (C=O) groups excluding carboxylic acids is 2. The third-order valence-electron chi connectivity index (χ3n) is 4.47. The van der Waals surface area contributed by atoms with Crippen LogP contribution in [0.15, 0.2) is 36.4 Å². The number of nitrogens with zero attached hydrogens (tertiary/aromatic N) is 2. The van der Waals surface area contributed by atoms with Crippen LogP contribution in [0.5, 0.6) is 11.5 Å².